The highest BCUT2D eigenvalue weighted by Crippen LogP contribution is 2.77. The fourth-order valence-electron chi connectivity index (χ4n) is 13.5. The number of Topliss-reactive ketones (excluding diaryl/α,β-unsaturated/α-hetero) is 1. The van der Waals surface area contributed by atoms with Crippen molar-refractivity contribution < 1.29 is 29.3 Å². The first-order valence-electron chi connectivity index (χ1n) is 21.4. The van der Waals surface area contributed by atoms with E-state index in [9.17, 15) is 24.6 Å². The standard InChI is InChI=1S/C47H73ClN2O6/c1-11-13-31(14-12-23-48)28-50(25-24-49)29-36(52)47-22-21-45(9)32(40(47)39(30(2)3)33(51)26-47)15-16-35-44(8)19-18-37(56-38(53)27-42(4,5)41(54)55)43(6,7)34(44)17-20-46(35,45)10/h11-14,30,32,34-37,52H,1,15-29,49H2,2-10H3,(H,54,55)/b14-12-,31-13+/t32-,34+,35-,36-,37+,44+,45-,46-,47+/m1/s1. The van der Waals surface area contributed by atoms with Crippen LogP contribution in [0.5, 0.6) is 0 Å². The van der Waals surface area contributed by atoms with Crippen molar-refractivity contribution in [3.05, 3.63) is 47.6 Å². The molecule has 0 aromatic carbocycles. The van der Waals surface area contributed by atoms with Crippen LogP contribution in [0.4, 0.5) is 0 Å². The summed E-state index contributed by atoms with van der Waals surface area (Å²) in [5, 5.41) is 22.2. The molecule has 4 saturated carbocycles. The number of allylic oxidation sites excluding steroid dienone is 4. The van der Waals surface area contributed by atoms with E-state index in [2.05, 4.69) is 59.9 Å². The van der Waals surface area contributed by atoms with Gasteiger partial charge in [-0.25, -0.2) is 0 Å². The number of aliphatic hydroxyl groups excluding tert-OH is 1. The predicted octanol–water partition coefficient (Wildman–Crippen LogP) is 8.91. The van der Waals surface area contributed by atoms with Crippen LogP contribution < -0.4 is 5.73 Å². The second-order valence-corrected chi connectivity index (χ2v) is 20.9. The summed E-state index contributed by atoms with van der Waals surface area (Å²) in [6.07, 6.45) is 14.6. The lowest BCUT2D eigenvalue weighted by molar-refractivity contribution is -0.235. The summed E-state index contributed by atoms with van der Waals surface area (Å²) in [7, 11) is 0. The van der Waals surface area contributed by atoms with E-state index in [1.54, 1.807) is 19.9 Å². The molecule has 0 saturated heterocycles. The third-order valence-corrected chi connectivity index (χ3v) is 16.7. The van der Waals surface area contributed by atoms with E-state index in [0.717, 1.165) is 62.5 Å². The molecule has 0 aliphatic heterocycles. The van der Waals surface area contributed by atoms with Gasteiger partial charge in [-0.3, -0.25) is 19.3 Å². The zero-order chi connectivity index (χ0) is 41.6. The van der Waals surface area contributed by atoms with Gasteiger partial charge in [-0.2, -0.15) is 0 Å². The van der Waals surface area contributed by atoms with Crippen LogP contribution in [0.15, 0.2) is 47.6 Å². The van der Waals surface area contributed by atoms with E-state index >= 15 is 0 Å². The van der Waals surface area contributed by atoms with Crippen LogP contribution in [0.1, 0.15) is 127 Å². The van der Waals surface area contributed by atoms with Crippen molar-refractivity contribution in [2.24, 2.45) is 61.9 Å². The van der Waals surface area contributed by atoms with Crippen LogP contribution in [-0.4, -0.2) is 77.1 Å². The van der Waals surface area contributed by atoms with Crippen LogP contribution >= 0.6 is 11.6 Å². The molecule has 0 spiro atoms. The van der Waals surface area contributed by atoms with Crippen LogP contribution in [-0.2, 0) is 19.1 Å². The number of alkyl halides is 1. The minimum atomic E-state index is -1.18. The SMILES string of the molecule is C=C/C=C(\C=C/CCl)CN(CCN)C[C@@H](O)[C@@]12CC[C@]3(C)[C@H](CC[C@@H]4[C@@]5(C)CC[C@H](OC(=O)CC(C)(C)C(=O)O)C(C)(C)[C@@H]5CC[C@]43C)C1=C(C(C)C)C(=O)C2. The molecule has 0 heterocycles. The summed E-state index contributed by atoms with van der Waals surface area (Å²) in [6.45, 7) is 25.6. The molecule has 4 fully saturated rings. The van der Waals surface area contributed by atoms with Gasteiger partial charge in [0.2, 0.25) is 0 Å². The van der Waals surface area contributed by atoms with Gasteiger partial charge in [-0.15, -0.1) is 11.6 Å². The number of carbonyl (C=O) groups is 3. The molecule has 8 nitrogen and oxygen atoms in total. The molecule has 0 aromatic heterocycles. The Morgan fingerprint density at radius 2 is 1.73 bits per heavy atom. The van der Waals surface area contributed by atoms with Gasteiger partial charge in [0, 0.05) is 49.3 Å². The zero-order valence-electron chi connectivity index (χ0n) is 36.0. The number of aliphatic carboxylic acids is 1. The van der Waals surface area contributed by atoms with Crippen molar-refractivity contribution in [1.82, 2.24) is 4.90 Å². The van der Waals surface area contributed by atoms with Crippen LogP contribution in [0.2, 0.25) is 0 Å². The van der Waals surface area contributed by atoms with Crippen molar-refractivity contribution in [2.75, 3.05) is 32.1 Å². The molecule has 0 aromatic rings. The van der Waals surface area contributed by atoms with Gasteiger partial charge in [-0.05, 0) is 116 Å². The van der Waals surface area contributed by atoms with Crippen molar-refractivity contribution in [3.8, 4) is 0 Å². The number of ether oxygens (including phenoxy) is 1. The topological polar surface area (TPSA) is 130 Å². The molecular formula is C47H73ClN2O6. The Kier molecular flexibility index (Phi) is 13.1. The third-order valence-electron chi connectivity index (χ3n) is 16.5. The number of carboxylic acid groups (broad SMARTS) is 1. The number of carboxylic acids is 1. The average Bonchev–Trinajstić information content (AvgIpc) is 3.42. The summed E-state index contributed by atoms with van der Waals surface area (Å²) in [6, 6.07) is 0. The molecule has 0 amide bonds. The lowest BCUT2D eigenvalue weighted by Gasteiger charge is -2.72. The quantitative estimate of drug-likeness (QED) is 0.0852. The molecule has 0 unspecified atom stereocenters. The van der Waals surface area contributed by atoms with Crippen LogP contribution in [0, 0.1) is 56.2 Å². The van der Waals surface area contributed by atoms with Gasteiger partial charge in [0.25, 0.3) is 0 Å². The number of hydrogen-bond acceptors (Lipinski definition) is 7. The Balaban J connectivity index is 1.45. The summed E-state index contributed by atoms with van der Waals surface area (Å²) >= 11 is 5.98. The summed E-state index contributed by atoms with van der Waals surface area (Å²) < 4.78 is 6.18. The highest BCUT2D eigenvalue weighted by atomic mass is 35.5. The third kappa shape index (κ3) is 7.56. The fraction of sp³-hybridized carbons (Fsp3) is 0.766. The molecule has 5 rings (SSSR count). The van der Waals surface area contributed by atoms with Crippen molar-refractivity contribution >= 4 is 29.3 Å². The second-order valence-electron chi connectivity index (χ2n) is 20.6. The van der Waals surface area contributed by atoms with Gasteiger partial charge in [0.05, 0.1) is 17.9 Å². The van der Waals surface area contributed by atoms with E-state index < -0.39 is 28.9 Å². The molecule has 56 heavy (non-hydrogen) atoms. The molecule has 314 valence electrons. The smallest absolute Gasteiger partial charge is 0.309 e. The lowest BCUT2D eigenvalue weighted by Crippen LogP contribution is -2.66. The normalized spacial score (nSPS) is 36.2. The molecule has 9 heteroatoms. The van der Waals surface area contributed by atoms with Crippen molar-refractivity contribution in [1.29, 1.82) is 0 Å². The Labute approximate surface area is 342 Å². The molecule has 9 atom stereocenters. The molecular weight excluding hydrogens is 724 g/mol. The van der Waals surface area contributed by atoms with Gasteiger partial charge in [-0.1, -0.05) is 84.9 Å². The molecule has 5 aliphatic carbocycles. The average molecular weight is 798 g/mol. The number of carbonyl (C=O) groups excluding carboxylic acids is 2. The van der Waals surface area contributed by atoms with Gasteiger partial charge < -0.3 is 20.7 Å². The molecule has 0 bridgehead atoms. The monoisotopic (exact) mass is 797 g/mol. The Hall–Kier alpha value is -2.26. The van der Waals surface area contributed by atoms with E-state index in [4.69, 9.17) is 22.1 Å². The van der Waals surface area contributed by atoms with Gasteiger partial charge in [0.1, 0.15) is 6.10 Å². The van der Waals surface area contributed by atoms with Crippen molar-refractivity contribution in [2.45, 2.75) is 139 Å². The molecule has 5 aliphatic rings. The minimum absolute atomic E-state index is 0.0227. The summed E-state index contributed by atoms with van der Waals surface area (Å²) in [5.74, 6) is 0.306. The zero-order valence-corrected chi connectivity index (χ0v) is 36.8. The Morgan fingerprint density at radius 1 is 1.04 bits per heavy atom. The number of fused-ring (bicyclic) bond motifs is 7. The largest absolute Gasteiger partial charge is 0.481 e. The van der Waals surface area contributed by atoms with Crippen LogP contribution in [0.3, 0.4) is 0 Å². The maximum Gasteiger partial charge on any atom is 0.309 e. The highest BCUT2D eigenvalue weighted by molar-refractivity contribution is 6.18. The number of nitrogens with two attached hydrogens (primary N) is 1. The number of rotatable bonds is 15. The minimum Gasteiger partial charge on any atom is -0.481 e. The van der Waals surface area contributed by atoms with Gasteiger partial charge >= 0.3 is 11.9 Å². The first kappa shape index (κ1) is 44.8. The number of hydrogen-bond donors (Lipinski definition) is 3. The number of nitrogens with zero attached hydrogens (tertiary/aromatic N) is 1. The van der Waals surface area contributed by atoms with Crippen LogP contribution in [0.25, 0.3) is 0 Å². The number of ketones is 1. The molecule has 4 N–H and O–H groups in total. The van der Waals surface area contributed by atoms with E-state index in [0.29, 0.717) is 50.3 Å². The second kappa shape index (κ2) is 16.4. The number of aliphatic hydroxyl groups is 1. The number of esters is 1. The van der Waals surface area contributed by atoms with E-state index in [1.807, 2.05) is 18.2 Å². The lowest BCUT2D eigenvalue weighted by atomic mass is 9.33. The first-order valence-corrected chi connectivity index (χ1v) is 22.0. The maximum absolute atomic E-state index is 14.2. The summed E-state index contributed by atoms with van der Waals surface area (Å²) in [4.78, 5) is 41.4. The Bertz CT molecular complexity index is 1630. The maximum atomic E-state index is 14.2. The predicted molar refractivity (Wildman–Crippen MR) is 225 cm³/mol. The van der Waals surface area contributed by atoms with Crippen molar-refractivity contribution in [3.63, 3.8) is 0 Å². The van der Waals surface area contributed by atoms with E-state index in [1.165, 1.54) is 5.57 Å². The van der Waals surface area contributed by atoms with E-state index in [-0.39, 0.29) is 51.8 Å². The first-order chi connectivity index (χ1) is 26.1. The number of halogens is 1. The fourth-order valence-corrected chi connectivity index (χ4v) is 13.6. The van der Waals surface area contributed by atoms with Gasteiger partial charge in [0.15, 0.2) is 5.78 Å². The highest BCUT2D eigenvalue weighted by Gasteiger charge is 2.71. The Morgan fingerprint density at radius 3 is 2.34 bits per heavy atom. The molecule has 0 radical (unpaired) electrons. The summed E-state index contributed by atoms with van der Waals surface area (Å²) in [5.41, 5.74) is 7.40.